The normalized spacial score (nSPS) is 9.76. The zero-order chi connectivity index (χ0) is 15.1. The minimum Gasteiger partial charge on any atom is -0.359 e. The first-order valence-corrected chi connectivity index (χ1v) is 6.89. The fourth-order valence-electron chi connectivity index (χ4n) is 1.65. The molecule has 0 saturated carbocycles. The van der Waals surface area contributed by atoms with Crippen molar-refractivity contribution in [2.75, 3.05) is 17.2 Å². The molecule has 1 aromatic heterocycles. The van der Waals surface area contributed by atoms with Crippen molar-refractivity contribution >= 4 is 34.5 Å². The van der Waals surface area contributed by atoms with Crippen molar-refractivity contribution in [1.82, 2.24) is 15.3 Å². The van der Waals surface area contributed by atoms with E-state index < -0.39 is 0 Å². The van der Waals surface area contributed by atoms with E-state index in [-0.39, 0.29) is 0 Å². The van der Waals surface area contributed by atoms with Crippen LogP contribution in [-0.4, -0.2) is 21.6 Å². The molecule has 108 valence electrons. The van der Waals surface area contributed by atoms with Crippen molar-refractivity contribution in [3.63, 3.8) is 0 Å². The van der Waals surface area contributed by atoms with Crippen LogP contribution in [0.3, 0.4) is 0 Å². The van der Waals surface area contributed by atoms with E-state index in [0.29, 0.717) is 11.7 Å². The van der Waals surface area contributed by atoms with Crippen LogP contribution in [-0.2, 0) is 0 Å². The van der Waals surface area contributed by atoms with Gasteiger partial charge in [-0.05, 0) is 43.4 Å². The first-order valence-electron chi connectivity index (χ1n) is 6.49. The van der Waals surface area contributed by atoms with E-state index in [2.05, 4.69) is 32.5 Å². The zero-order valence-electron chi connectivity index (χ0n) is 11.8. The molecule has 0 aliphatic rings. The second-order valence-electron chi connectivity index (χ2n) is 4.37. The summed E-state index contributed by atoms with van der Waals surface area (Å²) in [4.78, 5) is 8.22. The number of anilines is 3. The Morgan fingerprint density at radius 2 is 1.95 bits per heavy atom. The van der Waals surface area contributed by atoms with Gasteiger partial charge in [0.05, 0.1) is 0 Å². The first-order chi connectivity index (χ1) is 10.2. The highest BCUT2D eigenvalue weighted by atomic mass is 32.1. The summed E-state index contributed by atoms with van der Waals surface area (Å²) in [6.45, 7) is 6.19. The highest BCUT2D eigenvalue weighted by molar-refractivity contribution is 7.80. The third kappa shape index (κ3) is 4.85. The third-order valence-electron chi connectivity index (χ3n) is 2.63. The molecule has 0 aliphatic carbocycles. The van der Waals surface area contributed by atoms with Gasteiger partial charge in [-0.25, -0.2) is 9.97 Å². The molecule has 0 bridgehead atoms. The molecule has 0 radical (unpaired) electrons. The molecule has 0 atom stereocenters. The van der Waals surface area contributed by atoms with E-state index in [1.54, 1.807) is 6.08 Å². The van der Waals surface area contributed by atoms with Crippen molar-refractivity contribution < 1.29 is 0 Å². The Labute approximate surface area is 129 Å². The molecule has 0 saturated heterocycles. The van der Waals surface area contributed by atoms with Crippen LogP contribution in [0.5, 0.6) is 0 Å². The molecule has 21 heavy (non-hydrogen) atoms. The predicted molar refractivity (Wildman–Crippen MR) is 90.9 cm³/mol. The highest BCUT2D eigenvalue weighted by Crippen LogP contribution is 2.17. The lowest BCUT2D eigenvalue weighted by atomic mass is 10.3. The Morgan fingerprint density at radius 3 is 2.62 bits per heavy atom. The molecule has 1 heterocycles. The quantitative estimate of drug-likeness (QED) is 0.583. The largest absolute Gasteiger partial charge is 0.359 e. The summed E-state index contributed by atoms with van der Waals surface area (Å²) in [5, 5.41) is 9.90. The van der Waals surface area contributed by atoms with E-state index in [1.165, 1.54) is 6.33 Å². The SMILES string of the molecule is C=CCNC(=S)Nc1ccc(Nc2cc(C)ncn2)cc1. The average molecular weight is 299 g/mol. The Bertz CT molecular complexity index is 624. The number of nitrogens with one attached hydrogen (secondary N) is 3. The summed E-state index contributed by atoms with van der Waals surface area (Å²) in [6, 6.07) is 9.68. The number of thiocarbonyl (C=S) groups is 1. The van der Waals surface area contributed by atoms with Crippen molar-refractivity contribution in [2.45, 2.75) is 6.92 Å². The van der Waals surface area contributed by atoms with Gasteiger partial charge in [-0.2, -0.15) is 0 Å². The number of aromatic nitrogens is 2. The maximum absolute atomic E-state index is 5.15. The van der Waals surface area contributed by atoms with Crippen LogP contribution in [0, 0.1) is 6.92 Å². The lowest BCUT2D eigenvalue weighted by Crippen LogP contribution is -2.28. The Kier molecular flexibility index (Phi) is 5.22. The molecular formula is C15H17N5S. The monoisotopic (exact) mass is 299 g/mol. The van der Waals surface area contributed by atoms with Gasteiger partial charge in [-0.1, -0.05) is 6.08 Å². The van der Waals surface area contributed by atoms with Crippen molar-refractivity contribution in [3.05, 3.63) is 55.0 Å². The van der Waals surface area contributed by atoms with Crippen LogP contribution in [0.15, 0.2) is 49.3 Å². The van der Waals surface area contributed by atoms with Crippen LogP contribution < -0.4 is 16.0 Å². The highest BCUT2D eigenvalue weighted by Gasteiger charge is 1.99. The lowest BCUT2D eigenvalue weighted by Gasteiger charge is -2.10. The molecule has 0 unspecified atom stereocenters. The Hall–Kier alpha value is -2.47. The first kappa shape index (κ1) is 14.9. The van der Waals surface area contributed by atoms with Crippen molar-refractivity contribution in [2.24, 2.45) is 0 Å². The standard InChI is InChI=1S/C15H17N5S/c1-3-8-16-15(21)20-13-6-4-12(5-7-13)19-14-9-11(2)17-10-18-14/h3-7,9-10H,1,8H2,2H3,(H2,16,20,21)(H,17,18,19). The van der Waals surface area contributed by atoms with Crippen LogP contribution in [0.2, 0.25) is 0 Å². The Morgan fingerprint density at radius 1 is 1.24 bits per heavy atom. The van der Waals surface area contributed by atoms with Gasteiger partial charge in [-0.3, -0.25) is 0 Å². The van der Waals surface area contributed by atoms with E-state index in [0.717, 1.165) is 22.9 Å². The van der Waals surface area contributed by atoms with E-state index in [4.69, 9.17) is 12.2 Å². The van der Waals surface area contributed by atoms with Gasteiger partial charge in [0.1, 0.15) is 12.1 Å². The summed E-state index contributed by atoms with van der Waals surface area (Å²) < 4.78 is 0. The van der Waals surface area contributed by atoms with Crippen LogP contribution in [0.1, 0.15) is 5.69 Å². The smallest absolute Gasteiger partial charge is 0.171 e. The second kappa shape index (κ2) is 7.35. The van der Waals surface area contributed by atoms with Gasteiger partial charge >= 0.3 is 0 Å². The van der Waals surface area contributed by atoms with Gasteiger partial charge in [0.2, 0.25) is 0 Å². The summed E-state index contributed by atoms with van der Waals surface area (Å²) in [5.74, 6) is 0.770. The van der Waals surface area contributed by atoms with Crippen molar-refractivity contribution in [3.8, 4) is 0 Å². The maximum Gasteiger partial charge on any atom is 0.171 e. The fourth-order valence-corrected chi connectivity index (χ4v) is 1.85. The predicted octanol–water partition coefficient (Wildman–Crippen LogP) is 3.00. The van der Waals surface area contributed by atoms with Crippen LogP contribution in [0.4, 0.5) is 17.2 Å². The minimum absolute atomic E-state index is 0.571. The fraction of sp³-hybridized carbons (Fsp3) is 0.133. The second-order valence-corrected chi connectivity index (χ2v) is 4.78. The van der Waals surface area contributed by atoms with Gasteiger partial charge in [0.25, 0.3) is 0 Å². The number of rotatable bonds is 5. The summed E-state index contributed by atoms with van der Waals surface area (Å²) in [6.07, 6.45) is 3.29. The molecule has 2 aromatic rings. The van der Waals surface area contributed by atoms with E-state index in [1.807, 2.05) is 37.3 Å². The van der Waals surface area contributed by atoms with Crippen LogP contribution >= 0.6 is 12.2 Å². The van der Waals surface area contributed by atoms with Gasteiger partial charge < -0.3 is 16.0 Å². The van der Waals surface area contributed by atoms with Crippen LogP contribution in [0.25, 0.3) is 0 Å². The molecule has 2 rings (SSSR count). The molecule has 0 spiro atoms. The maximum atomic E-state index is 5.15. The number of benzene rings is 1. The van der Waals surface area contributed by atoms with Crippen molar-refractivity contribution in [1.29, 1.82) is 0 Å². The molecule has 6 heteroatoms. The number of hydrogen-bond acceptors (Lipinski definition) is 4. The van der Waals surface area contributed by atoms with Gasteiger partial charge in [-0.15, -0.1) is 6.58 Å². The molecule has 5 nitrogen and oxygen atoms in total. The number of hydrogen-bond donors (Lipinski definition) is 3. The topological polar surface area (TPSA) is 61.9 Å². The van der Waals surface area contributed by atoms with Gasteiger partial charge in [0, 0.05) is 29.7 Å². The molecule has 1 aromatic carbocycles. The molecule has 0 aliphatic heterocycles. The molecule has 3 N–H and O–H groups in total. The summed E-state index contributed by atoms with van der Waals surface area (Å²) in [7, 11) is 0. The number of nitrogens with zero attached hydrogens (tertiary/aromatic N) is 2. The number of aryl methyl sites for hydroxylation is 1. The molecule has 0 fully saturated rings. The Balaban J connectivity index is 1.95. The molecule has 0 amide bonds. The van der Waals surface area contributed by atoms with E-state index >= 15 is 0 Å². The lowest BCUT2D eigenvalue weighted by molar-refractivity contribution is 1.06. The van der Waals surface area contributed by atoms with E-state index in [9.17, 15) is 0 Å². The molecular weight excluding hydrogens is 282 g/mol. The third-order valence-corrected chi connectivity index (χ3v) is 2.87. The summed E-state index contributed by atoms with van der Waals surface area (Å²) in [5.41, 5.74) is 2.79. The van der Waals surface area contributed by atoms with Gasteiger partial charge in [0.15, 0.2) is 5.11 Å². The minimum atomic E-state index is 0.571. The average Bonchev–Trinajstić information content (AvgIpc) is 2.47. The summed E-state index contributed by atoms with van der Waals surface area (Å²) >= 11 is 5.15. The zero-order valence-corrected chi connectivity index (χ0v) is 12.6.